The van der Waals surface area contributed by atoms with Crippen LogP contribution in [0.3, 0.4) is 0 Å². The summed E-state index contributed by atoms with van der Waals surface area (Å²) in [6.07, 6.45) is 1.42. The van der Waals surface area contributed by atoms with Crippen LogP contribution in [0.15, 0.2) is 0 Å². The lowest BCUT2D eigenvalue weighted by Gasteiger charge is -2.20. The molecule has 0 aromatic heterocycles. The zero-order valence-corrected chi connectivity index (χ0v) is 10.4. The second-order valence-electron chi connectivity index (χ2n) is 4.75. The number of esters is 1. The molecule has 0 spiro atoms. The van der Waals surface area contributed by atoms with Gasteiger partial charge in [-0.25, -0.2) is 4.79 Å². The molecule has 0 aromatic carbocycles. The minimum Gasteiger partial charge on any atom is -0.456 e. The molecule has 0 saturated carbocycles. The molecule has 8 N–H and O–H groups in total. The molecule has 16 heavy (non-hydrogen) atoms. The Balaban J connectivity index is 3.85. The molecule has 1 atom stereocenters. The van der Waals surface area contributed by atoms with E-state index in [0.717, 1.165) is 6.42 Å². The number of hydrogen-bond donors (Lipinski definition) is 4. The quantitative estimate of drug-likeness (QED) is 0.175. The number of carbonyl (C=O) groups is 1. The molecule has 0 heterocycles. The maximum Gasteiger partial charge on any atom is 0.365 e. The van der Waals surface area contributed by atoms with Gasteiger partial charge in [-0.15, -0.1) is 0 Å². The maximum atomic E-state index is 11.5. The molecule has 6 nitrogen and oxygen atoms in total. The highest BCUT2D eigenvalue weighted by Gasteiger charge is 2.24. The van der Waals surface area contributed by atoms with Crippen molar-refractivity contribution in [3.8, 4) is 0 Å². The normalized spacial score (nSPS) is 13.0. The Morgan fingerprint density at radius 2 is 2.00 bits per heavy atom. The summed E-state index contributed by atoms with van der Waals surface area (Å²) >= 11 is 0. The Morgan fingerprint density at radius 1 is 1.44 bits per heavy atom. The van der Waals surface area contributed by atoms with Gasteiger partial charge in [0, 0.05) is 6.42 Å². The molecular formula is C10H24N4O2+2. The van der Waals surface area contributed by atoms with Crippen LogP contribution in [-0.4, -0.2) is 30.1 Å². The van der Waals surface area contributed by atoms with E-state index in [0.29, 0.717) is 13.0 Å². The lowest BCUT2D eigenvalue weighted by molar-refractivity contribution is -0.463. The fourth-order valence-electron chi connectivity index (χ4n) is 1.08. The summed E-state index contributed by atoms with van der Waals surface area (Å²) in [7, 11) is 0. The molecule has 0 aliphatic rings. The molecule has 6 heteroatoms. The van der Waals surface area contributed by atoms with Crippen LogP contribution in [0.2, 0.25) is 0 Å². The van der Waals surface area contributed by atoms with Crippen LogP contribution in [0.25, 0.3) is 0 Å². The van der Waals surface area contributed by atoms with Gasteiger partial charge in [-0.05, 0) is 27.2 Å². The summed E-state index contributed by atoms with van der Waals surface area (Å²) in [4.78, 5) is 14.3. The largest absolute Gasteiger partial charge is 0.456 e. The van der Waals surface area contributed by atoms with E-state index >= 15 is 0 Å². The first-order valence-corrected chi connectivity index (χ1v) is 5.40. The number of ether oxygens (including phenoxy) is 1. The van der Waals surface area contributed by atoms with Crippen LogP contribution in [0.4, 0.5) is 0 Å². The van der Waals surface area contributed by atoms with E-state index in [1.807, 2.05) is 20.8 Å². The second kappa shape index (κ2) is 6.32. The Kier molecular flexibility index (Phi) is 5.81. The molecule has 0 rings (SSSR count). The Hall–Kier alpha value is -1.30. The van der Waals surface area contributed by atoms with Gasteiger partial charge in [0.15, 0.2) is 6.04 Å². The van der Waals surface area contributed by atoms with Gasteiger partial charge in [-0.2, -0.15) is 0 Å². The first kappa shape index (κ1) is 14.7. The Bertz CT molecular complexity index is 254. The summed E-state index contributed by atoms with van der Waals surface area (Å²) in [5, 5.41) is 0. The van der Waals surface area contributed by atoms with Crippen molar-refractivity contribution in [3.05, 3.63) is 0 Å². The third-order valence-corrected chi connectivity index (χ3v) is 1.80. The highest BCUT2D eigenvalue weighted by Crippen LogP contribution is 2.08. The average Bonchev–Trinajstić information content (AvgIpc) is 2.08. The summed E-state index contributed by atoms with van der Waals surface area (Å²) in [6, 6.07) is -0.347. The fraction of sp³-hybridized carbons (Fsp3) is 0.800. The van der Waals surface area contributed by atoms with E-state index < -0.39 is 5.60 Å². The number of rotatable bonds is 5. The van der Waals surface area contributed by atoms with Crippen molar-refractivity contribution >= 4 is 11.9 Å². The molecule has 0 amide bonds. The summed E-state index contributed by atoms with van der Waals surface area (Å²) < 4.78 is 5.20. The molecular weight excluding hydrogens is 208 g/mol. The minimum absolute atomic E-state index is 0.192. The summed E-state index contributed by atoms with van der Waals surface area (Å²) in [6.45, 7) is 6.15. The maximum absolute atomic E-state index is 11.5. The van der Waals surface area contributed by atoms with E-state index in [4.69, 9.17) is 16.2 Å². The van der Waals surface area contributed by atoms with Crippen molar-refractivity contribution in [2.24, 2.45) is 11.5 Å². The Labute approximate surface area is 96.2 Å². The molecule has 94 valence electrons. The zero-order chi connectivity index (χ0) is 12.8. The van der Waals surface area contributed by atoms with Crippen LogP contribution in [0.5, 0.6) is 0 Å². The van der Waals surface area contributed by atoms with Crippen molar-refractivity contribution in [2.75, 3.05) is 6.54 Å². The number of carbonyl (C=O) groups excluding carboxylic acids is 1. The number of hydrogen-bond acceptors (Lipinski definition) is 2. The van der Waals surface area contributed by atoms with Crippen molar-refractivity contribution in [3.63, 3.8) is 0 Å². The smallest absolute Gasteiger partial charge is 0.365 e. The van der Waals surface area contributed by atoms with Gasteiger partial charge < -0.3 is 10.5 Å². The van der Waals surface area contributed by atoms with Crippen LogP contribution < -0.4 is 22.2 Å². The van der Waals surface area contributed by atoms with Crippen LogP contribution >= 0.6 is 0 Å². The topological polar surface area (TPSA) is 120 Å². The predicted octanol–water partition coefficient (Wildman–Crippen LogP) is -2.93. The molecule has 0 radical (unpaired) electrons. The predicted molar refractivity (Wildman–Crippen MR) is 61.0 cm³/mol. The van der Waals surface area contributed by atoms with Gasteiger partial charge in [0.2, 0.25) is 0 Å². The molecule has 0 aliphatic heterocycles. The molecule has 0 bridgehead atoms. The van der Waals surface area contributed by atoms with Gasteiger partial charge in [0.25, 0.3) is 0 Å². The molecule has 0 saturated heterocycles. The fourth-order valence-corrected chi connectivity index (χ4v) is 1.08. The molecule has 0 aromatic rings. The van der Waals surface area contributed by atoms with Gasteiger partial charge in [-0.3, -0.25) is 16.5 Å². The first-order valence-electron chi connectivity index (χ1n) is 5.40. The van der Waals surface area contributed by atoms with Crippen molar-refractivity contribution in [1.82, 2.24) is 0 Å². The number of nitrogens with two attached hydrogens (primary N) is 2. The van der Waals surface area contributed by atoms with E-state index in [2.05, 4.69) is 10.7 Å². The molecule has 0 fully saturated rings. The van der Waals surface area contributed by atoms with Crippen molar-refractivity contribution in [1.29, 1.82) is 0 Å². The first-order chi connectivity index (χ1) is 7.22. The number of guanidine groups is 1. The van der Waals surface area contributed by atoms with Gasteiger partial charge >= 0.3 is 11.9 Å². The van der Waals surface area contributed by atoms with Gasteiger partial charge in [0.05, 0.1) is 6.54 Å². The highest BCUT2D eigenvalue weighted by atomic mass is 16.6. The van der Waals surface area contributed by atoms with E-state index in [9.17, 15) is 4.79 Å². The van der Waals surface area contributed by atoms with E-state index in [1.54, 1.807) is 0 Å². The third-order valence-electron chi connectivity index (χ3n) is 1.80. The average molecular weight is 232 g/mol. The summed E-state index contributed by atoms with van der Waals surface area (Å²) in [5.74, 6) is -0.0740. The SMILES string of the molecule is CC(C)(C)OC(=O)[C@@H]([NH3+])CCC[NH+]=C(N)N. The van der Waals surface area contributed by atoms with Crippen LogP contribution in [0, 0.1) is 0 Å². The zero-order valence-electron chi connectivity index (χ0n) is 10.4. The number of nitrogens with one attached hydrogen (secondary N) is 1. The van der Waals surface area contributed by atoms with Gasteiger partial charge in [-0.1, -0.05) is 0 Å². The second-order valence-corrected chi connectivity index (χ2v) is 4.75. The minimum atomic E-state index is -0.458. The third kappa shape index (κ3) is 8.05. The summed E-state index contributed by atoms with van der Waals surface area (Å²) in [5.41, 5.74) is 13.8. The van der Waals surface area contributed by atoms with E-state index in [-0.39, 0.29) is 18.0 Å². The standard InChI is InChI=1S/C10H22N4O2/c1-10(2,3)16-8(15)7(11)5-4-6-14-9(12)13/h7H,4-6,11H2,1-3H3,(H4,12,13,14)/p+2/t7-/m0/s1. The lowest BCUT2D eigenvalue weighted by atomic mass is 10.1. The van der Waals surface area contributed by atoms with Crippen LogP contribution in [-0.2, 0) is 9.53 Å². The van der Waals surface area contributed by atoms with Crippen LogP contribution in [0.1, 0.15) is 33.6 Å². The molecule has 0 unspecified atom stereocenters. The van der Waals surface area contributed by atoms with E-state index in [1.165, 1.54) is 0 Å². The highest BCUT2D eigenvalue weighted by molar-refractivity contribution is 5.74. The number of quaternary nitrogens is 1. The van der Waals surface area contributed by atoms with Crippen molar-refractivity contribution < 1.29 is 20.3 Å². The Morgan fingerprint density at radius 3 is 2.44 bits per heavy atom. The lowest BCUT2D eigenvalue weighted by Crippen LogP contribution is -2.78. The monoisotopic (exact) mass is 232 g/mol. The molecule has 0 aliphatic carbocycles. The van der Waals surface area contributed by atoms with Gasteiger partial charge in [0.1, 0.15) is 5.60 Å². The van der Waals surface area contributed by atoms with Crippen molar-refractivity contribution in [2.45, 2.75) is 45.3 Å².